The van der Waals surface area contributed by atoms with Crippen LogP contribution in [0.5, 0.6) is 5.75 Å². The molecule has 0 spiro atoms. The summed E-state index contributed by atoms with van der Waals surface area (Å²) in [5, 5.41) is 0. The van der Waals surface area contributed by atoms with Gasteiger partial charge < -0.3 is 4.74 Å². The van der Waals surface area contributed by atoms with Crippen molar-refractivity contribution in [3.8, 4) is 5.75 Å². The first-order chi connectivity index (χ1) is 10.0. The summed E-state index contributed by atoms with van der Waals surface area (Å²) in [6, 6.07) is 9.99. The van der Waals surface area contributed by atoms with Gasteiger partial charge in [-0.15, -0.1) is 11.8 Å². The van der Waals surface area contributed by atoms with Crippen LogP contribution in [0.15, 0.2) is 41.3 Å². The number of methoxy groups -OCH3 is 1. The highest BCUT2D eigenvalue weighted by molar-refractivity contribution is 8.00. The molecule has 2 aromatic rings. The zero-order valence-corrected chi connectivity index (χ0v) is 13.1. The van der Waals surface area contributed by atoms with Crippen LogP contribution < -0.4 is 4.74 Å². The molecule has 110 valence electrons. The lowest BCUT2D eigenvalue weighted by Gasteiger charge is -2.10. The van der Waals surface area contributed by atoms with Crippen molar-refractivity contribution in [3.05, 3.63) is 58.9 Å². The molecule has 0 bridgehead atoms. The SMILES string of the molecule is COc1cc(C)c(C(=O)CSc2cccc(F)c2)cc1C. The van der Waals surface area contributed by atoms with Gasteiger partial charge in [-0.2, -0.15) is 0 Å². The average molecular weight is 304 g/mol. The predicted octanol–water partition coefficient (Wildman–Crippen LogP) is 4.43. The number of rotatable bonds is 5. The highest BCUT2D eigenvalue weighted by atomic mass is 32.2. The molecular weight excluding hydrogens is 287 g/mol. The molecule has 21 heavy (non-hydrogen) atoms. The molecule has 0 aliphatic carbocycles. The molecule has 0 atom stereocenters. The van der Waals surface area contributed by atoms with Gasteiger partial charge in [-0.3, -0.25) is 4.79 Å². The van der Waals surface area contributed by atoms with E-state index in [-0.39, 0.29) is 17.4 Å². The van der Waals surface area contributed by atoms with Gasteiger partial charge in [0, 0.05) is 10.5 Å². The van der Waals surface area contributed by atoms with Crippen LogP contribution in [-0.2, 0) is 0 Å². The molecule has 0 saturated carbocycles. The summed E-state index contributed by atoms with van der Waals surface area (Å²) in [6.45, 7) is 3.80. The number of hydrogen-bond donors (Lipinski definition) is 0. The zero-order chi connectivity index (χ0) is 15.4. The number of aryl methyl sites for hydroxylation is 2. The molecule has 2 aromatic carbocycles. The fourth-order valence-corrected chi connectivity index (χ4v) is 2.92. The van der Waals surface area contributed by atoms with Crippen molar-refractivity contribution in [3.63, 3.8) is 0 Å². The van der Waals surface area contributed by atoms with Gasteiger partial charge in [0.1, 0.15) is 11.6 Å². The number of carbonyl (C=O) groups is 1. The molecule has 0 heterocycles. The van der Waals surface area contributed by atoms with E-state index in [0.717, 1.165) is 21.8 Å². The summed E-state index contributed by atoms with van der Waals surface area (Å²) in [5.74, 6) is 0.814. The maximum atomic E-state index is 13.1. The van der Waals surface area contributed by atoms with Gasteiger partial charge in [0.05, 0.1) is 12.9 Å². The summed E-state index contributed by atoms with van der Waals surface area (Å²) in [7, 11) is 1.61. The van der Waals surface area contributed by atoms with Crippen LogP contribution in [-0.4, -0.2) is 18.6 Å². The molecular formula is C17H17FO2S. The van der Waals surface area contributed by atoms with Crippen molar-refractivity contribution in [2.24, 2.45) is 0 Å². The van der Waals surface area contributed by atoms with Crippen molar-refractivity contribution >= 4 is 17.5 Å². The van der Waals surface area contributed by atoms with E-state index in [9.17, 15) is 9.18 Å². The van der Waals surface area contributed by atoms with Gasteiger partial charge in [-0.05, 0) is 55.3 Å². The minimum Gasteiger partial charge on any atom is -0.496 e. The van der Waals surface area contributed by atoms with E-state index in [1.807, 2.05) is 26.0 Å². The van der Waals surface area contributed by atoms with E-state index in [1.165, 1.54) is 23.9 Å². The lowest BCUT2D eigenvalue weighted by atomic mass is 10.0. The monoisotopic (exact) mass is 304 g/mol. The molecule has 0 unspecified atom stereocenters. The third-order valence-electron chi connectivity index (χ3n) is 3.21. The lowest BCUT2D eigenvalue weighted by Crippen LogP contribution is -2.06. The first-order valence-corrected chi connectivity index (χ1v) is 7.56. The molecule has 0 saturated heterocycles. The Balaban J connectivity index is 2.12. The van der Waals surface area contributed by atoms with Gasteiger partial charge in [0.25, 0.3) is 0 Å². The summed E-state index contributed by atoms with van der Waals surface area (Å²) in [6.07, 6.45) is 0. The summed E-state index contributed by atoms with van der Waals surface area (Å²) in [4.78, 5) is 13.1. The van der Waals surface area contributed by atoms with Crippen molar-refractivity contribution in [2.75, 3.05) is 12.9 Å². The number of Topliss-reactive ketones (excluding diaryl/α,β-unsaturated/α-hetero) is 1. The molecule has 0 aliphatic rings. The second kappa shape index (κ2) is 6.76. The van der Waals surface area contributed by atoms with Crippen LogP contribution in [0.25, 0.3) is 0 Å². The maximum absolute atomic E-state index is 13.1. The zero-order valence-electron chi connectivity index (χ0n) is 12.3. The second-order valence-electron chi connectivity index (χ2n) is 4.81. The molecule has 0 N–H and O–H groups in total. The number of hydrogen-bond acceptors (Lipinski definition) is 3. The molecule has 0 aromatic heterocycles. The Kier molecular flexibility index (Phi) is 5.02. The molecule has 0 radical (unpaired) electrons. The Labute approximate surface area is 128 Å². The number of ether oxygens (including phenoxy) is 1. The molecule has 2 nitrogen and oxygen atoms in total. The Morgan fingerprint density at radius 3 is 2.62 bits per heavy atom. The van der Waals surface area contributed by atoms with Crippen molar-refractivity contribution in [1.29, 1.82) is 0 Å². The summed E-state index contributed by atoms with van der Waals surface area (Å²) in [5.41, 5.74) is 2.52. The third-order valence-corrected chi connectivity index (χ3v) is 4.20. The van der Waals surface area contributed by atoms with Gasteiger partial charge in [-0.1, -0.05) is 6.07 Å². The van der Waals surface area contributed by atoms with Crippen molar-refractivity contribution in [2.45, 2.75) is 18.7 Å². The van der Waals surface area contributed by atoms with Gasteiger partial charge in [0.2, 0.25) is 0 Å². The van der Waals surface area contributed by atoms with E-state index in [4.69, 9.17) is 4.74 Å². The highest BCUT2D eigenvalue weighted by Crippen LogP contribution is 2.25. The summed E-state index contributed by atoms with van der Waals surface area (Å²) >= 11 is 1.34. The molecule has 0 amide bonds. The highest BCUT2D eigenvalue weighted by Gasteiger charge is 2.12. The van der Waals surface area contributed by atoms with E-state index in [2.05, 4.69) is 0 Å². The first-order valence-electron chi connectivity index (χ1n) is 6.58. The second-order valence-corrected chi connectivity index (χ2v) is 5.85. The fourth-order valence-electron chi connectivity index (χ4n) is 2.09. The summed E-state index contributed by atoms with van der Waals surface area (Å²) < 4.78 is 18.3. The Hall–Kier alpha value is -1.81. The van der Waals surface area contributed by atoms with Crippen molar-refractivity contribution in [1.82, 2.24) is 0 Å². The van der Waals surface area contributed by atoms with Crippen LogP contribution in [0, 0.1) is 19.7 Å². The minimum absolute atomic E-state index is 0.0347. The normalized spacial score (nSPS) is 10.5. The van der Waals surface area contributed by atoms with Gasteiger partial charge in [-0.25, -0.2) is 4.39 Å². The standard InChI is InChI=1S/C17H17FO2S/c1-11-8-17(20-3)12(2)7-15(11)16(19)10-21-14-6-4-5-13(18)9-14/h4-9H,10H2,1-3H3. The van der Waals surface area contributed by atoms with Gasteiger partial charge in [0.15, 0.2) is 5.78 Å². The van der Waals surface area contributed by atoms with Crippen LogP contribution in [0.3, 0.4) is 0 Å². The number of thioether (sulfide) groups is 1. The number of carbonyl (C=O) groups excluding carboxylic acids is 1. The lowest BCUT2D eigenvalue weighted by molar-refractivity contribution is 0.102. The van der Waals surface area contributed by atoms with E-state index in [0.29, 0.717) is 5.56 Å². The quantitative estimate of drug-likeness (QED) is 0.604. The Morgan fingerprint density at radius 2 is 1.95 bits per heavy atom. The number of halogens is 1. The average Bonchev–Trinajstić information content (AvgIpc) is 2.46. The largest absolute Gasteiger partial charge is 0.496 e. The van der Waals surface area contributed by atoms with Gasteiger partial charge >= 0.3 is 0 Å². The molecule has 4 heteroatoms. The molecule has 2 rings (SSSR count). The maximum Gasteiger partial charge on any atom is 0.173 e. The third kappa shape index (κ3) is 3.85. The smallest absolute Gasteiger partial charge is 0.173 e. The van der Waals surface area contributed by atoms with Crippen LogP contribution in [0.4, 0.5) is 4.39 Å². The molecule has 0 fully saturated rings. The van der Waals surface area contributed by atoms with E-state index in [1.54, 1.807) is 19.2 Å². The number of benzene rings is 2. The number of ketones is 1. The Morgan fingerprint density at radius 1 is 1.19 bits per heavy atom. The fraction of sp³-hybridized carbons (Fsp3) is 0.235. The Bertz CT molecular complexity index is 668. The topological polar surface area (TPSA) is 26.3 Å². The first kappa shape index (κ1) is 15.6. The van der Waals surface area contributed by atoms with Crippen LogP contribution in [0.1, 0.15) is 21.5 Å². The van der Waals surface area contributed by atoms with E-state index < -0.39 is 0 Å². The molecule has 0 aliphatic heterocycles. The predicted molar refractivity (Wildman–Crippen MR) is 83.9 cm³/mol. The van der Waals surface area contributed by atoms with Crippen LogP contribution in [0.2, 0.25) is 0 Å². The van der Waals surface area contributed by atoms with Crippen LogP contribution >= 0.6 is 11.8 Å². The van der Waals surface area contributed by atoms with Crippen molar-refractivity contribution < 1.29 is 13.9 Å². The van der Waals surface area contributed by atoms with E-state index >= 15 is 0 Å². The minimum atomic E-state index is -0.288.